The molecular weight excluding hydrogens is 322 g/mol. The molecule has 4 rings (SSSR count). The van der Waals surface area contributed by atoms with Crippen molar-refractivity contribution in [3.05, 3.63) is 59.2 Å². The lowest BCUT2D eigenvalue weighted by Gasteiger charge is -2.31. The van der Waals surface area contributed by atoms with Gasteiger partial charge in [-0.25, -0.2) is 4.79 Å². The van der Waals surface area contributed by atoms with Crippen LogP contribution in [0.2, 0.25) is 0 Å². The summed E-state index contributed by atoms with van der Waals surface area (Å²) in [6.07, 6.45) is 6.98. The minimum atomic E-state index is -0.103. The van der Waals surface area contributed by atoms with Gasteiger partial charge in [-0.05, 0) is 67.3 Å². The molecule has 1 heterocycles. The lowest BCUT2D eigenvalue weighted by molar-refractivity contribution is 0.252. The maximum absolute atomic E-state index is 12.3. The van der Waals surface area contributed by atoms with Crippen molar-refractivity contribution in [3.8, 4) is 0 Å². The van der Waals surface area contributed by atoms with Gasteiger partial charge in [-0.15, -0.1) is 0 Å². The zero-order valence-corrected chi connectivity index (χ0v) is 15.3. The smallest absolute Gasteiger partial charge is 0.319 e. The van der Waals surface area contributed by atoms with Gasteiger partial charge in [-0.2, -0.15) is 0 Å². The number of fused-ring (bicyclic) bond motifs is 2. The molecule has 136 valence electrons. The van der Waals surface area contributed by atoms with Gasteiger partial charge in [0, 0.05) is 31.0 Å². The lowest BCUT2D eigenvalue weighted by Crippen LogP contribution is -2.39. The maximum Gasteiger partial charge on any atom is 0.319 e. The van der Waals surface area contributed by atoms with Crippen molar-refractivity contribution in [2.45, 2.75) is 38.5 Å². The van der Waals surface area contributed by atoms with Crippen molar-refractivity contribution in [2.24, 2.45) is 0 Å². The number of urea groups is 1. The summed E-state index contributed by atoms with van der Waals surface area (Å²) in [7, 11) is 0. The molecule has 0 aromatic heterocycles. The number of hydrogen-bond donors (Lipinski definition) is 2. The summed E-state index contributed by atoms with van der Waals surface area (Å²) in [4.78, 5) is 14.7. The van der Waals surface area contributed by atoms with Gasteiger partial charge >= 0.3 is 6.03 Å². The molecule has 2 N–H and O–H groups in total. The van der Waals surface area contributed by atoms with E-state index in [4.69, 9.17) is 0 Å². The molecule has 2 aromatic rings. The molecule has 26 heavy (non-hydrogen) atoms. The quantitative estimate of drug-likeness (QED) is 0.871. The van der Waals surface area contributed by atoms with Crippen molar-refractivity contribution >= 4 is 17.4 Å². The number of nitrogens with one attached hydrogen (secondary N) is 2. The van der Waals surface area contributed by atoms with E-state index >= 15 is 0 Å². The Kier molecular flexibility index (Phi) is 5.09. The largest absolute Gasteiger partial charge is 0.370 e. The van der Waals surface area contributed by atoms with E-state index in [1.165, 1.54) is 41.6 Å². The molecule has 1 aliphatic carbocycles. The summed E-state index contributed by atoms with van der Waals surface area (Å²) in [5.74, 6) is 0. The van der Waals surface area contributed by atoms with Crippen molar-refractivity contribution in [3.63, 3.8) is 0 Å². The molecule has 0 saturated heterocycles. The van der Waals surface area contributed by atoms with Gasteiger partial charge < -0.3 is 15.5 Å². The van der Waals surface area contributed by atoms with Crippen molar-refractivity contribution < 1.29 is 4.79 Å². The Hall–Kier alpha value is -2.49. The van der Waals surface area contributed by atoms with E-state index in [0.717, 1.165) is 38.0 Å². The summed E-state index contributed by atoms with van der Waals surface area (Å²) in [6, 6.07) is 14.7. The first-order valence-electron chi connectivity index (χ1n) is 9.80. The Morgan fingerprint density at radius 1 is 0.923 bits per heavy atom. The van der Waals surface area contributed by atoms with E-state index in [9.17, 15) is 4.79 Å². The minimum Gasteiger partial charge on any atom is -0.370 e. The molecule has 2 amide bonds. The molecule has 1 aliphatic heterocycles. The van der Waals surface area contributed by atoms with Crippen molar-refractivity contribution in [1.82, 2.24) is 5.32 Å². The molecule has 0 radical (unpaired) electrons. The normalized spacial score (nSPS) is 15.8. The summed E-state index contributed by atoms with van der Waals surface area (Å²) in [6.45, 7) is 2.55. The predicted molar refractivity (Wildman–Crippen MR) is 107 cm³/mol. The van der Waals surface area contributed by atoms with Crippen LogP contribution in [-0.2, 0) is 19.3 Å². The molecule has 4 nitrogen and oxygen atoms in total. The van der Waals surface area contributed by atoms with E-state index in [0.29, 0.717) is 6.54 Å². The number of aryl methyl sites for hydroxylation is 2. The fourth-order valence-electron chi connectivity index (χ4n) is 4.21. The van der Waals surface area contributed by atoms with Gasteiger partial charge in [-0.3, -0.25) is 0 Å². The van der Waals surface area contributed by atoms with E-state index in [1.807, 2.05) is 12.1 Å². The predicted octanol–water partition coefficient (Wildman–Crippen LogP) is 4.14. The third-order valence-electron chi connectivity index (χ3n) is 5.52. The highest BCUT2D eigenvalue weighted by Crippen LogP contribution is 2.28. The number of hydrogen-bond acceptors (Lipinski definition) is 2. The SMILES string of the molecule is O=C(NCCN1CCCc2ccccc21)Nc1cccc2c1CCCC2. The molecule has 0 saturated carbocycles. The average molecular weight is 349 g/mol. The number of amides is 2. The first-order valence-corrected chi connectivity index (χ1v) is 9.80. The third-order valence-corrected chi connectivity index (χ3v) is 5.52. The van der Waals surface area contributed by atoms with E-state index < -0.39 is 0 Å². The number of rotatable bonds is 4. The van der Waals surface area contributed by atoms with Crippen LogP contribution in [0.4, 0.5) is 16.2 Å². The molecular formula is C22H27N3O. The molecule has 4 heteroatoms. The van der Waals surface area contributed by atoms with Crippen LogP contribution in [0.25, 0.3) is 0 Å². The Morgan fingerprint density at radius 2 is 1.73 bits per heavy atom. The van der Waals surface area contributed by atoms with Crippen LogP contribution < -0.4 is 15.5 Å². The number of carbonyl (C=O) groups excluding carboxylic acids is 1. The summed E-state index contributed by atoms with van der Waals surface area (Å²) < 4.78 is 0. The first kappa shape index (κ1) is 17.0. The van der Waals surface area contributed by atoms with Crippen LogP contribution in [-0.4, -0.2) is 25.7 Å². The lowest BCUT2D eigenvalue weighted by atomic mass is 9.90. The zero-order chi connectivity index (χ0) is 17.8. The Balaban J connectivity index is 1.32. The maximum atomic E-state index is 12.3. The van der Waals surface area contributed by atoms with Crippen molar-refractivity contribution in [2.75, 3.05) is 29.9 Å². The minimum absolute atomic E-state index is 0.103. The molecule has 0 bridgehead atoms. The van der Waals surface area contributed by atoms with E-state index in [2.05, 4.69) is 45.9 Å². The Morgan fingerprint density at radius 3 is 2.69 bits per heavy atom. The molecule has 0 fully saturated rings. The number of anilines is 2. The number of benzene rings is 2. The van der Waals surface area contributed by atoms with Gasteiger partial charge in [0.2, 0.25) is 0 Å². The van der Waals surface area contributed by atoms with Gasteiger partial charge in [0.05, 0.1) is 0 Å². The fourth-order valence-corrected chi connectivity index (χ4v) is 4.21. The third kappa shape index (κ3) is 3.69. The van der Waals surface area contributed by atoms with Gasteiger partial charge in [0.1, 0.15) is 0 Å². The molecule has 0 atom stereocenters. The molecule has 0 unspecified atom stereocenters. The zero-order valence-electron chi connectivity index (χ0n) is 15.3. The number of nitrogens with zero attached hydrogens (tertiary/aromatic N) is 1. The van der Waals surface area contributed by atoms with Crippen molar-refractivity contribution in [1.29, 1.82) is 0 Å². The topological polar surface area (TPSA) is 44.4 Å². The van der Waals surface area contributed by atoms with Gasteiger partial charge in [-0.1, -0.05) is 30.3 Å². The first-order chi connectivity index (χ1) is 12.8. The number of para-hydroxylation sites is 1. The van der Waals surface area contributed by atoms with Crippen LogP contribution >= 0.6 is 0 Å². The van der Waals surface area contributed by atoms with Crippen LogP contribution in [0.15, 0.2) is 42.5 Å². The highest BCUT2D eigenvalue weighted by atomic mass is 16.2. The van der Waals surface area contributed by atoms with Crippen LogP contribution in [0.3, 0.4) is 0 Å². The molecule has 2 aliphatic rings. The summed E-state index contributed by atoms with van der Waals surface area (Å²) >= 11 is 0. The van der Waals surface area contributed by atoms with E-state index in [1.54, 1.807) is 0 Å². The summed E-state index contributed by atoms with van der Waals surface area (Å²) in [5, 5.41) is 6.08. The number of carbonyl (C=O) groups is 1. The monoisotopic (exact) mass is 349 g/mol. The van der Waals surface area contributed by atoms with Crippen LogP contribution in [0.1, 0.15) is 36.0 Å². The average Bonchev–Trinajstić information content (AvgIpc) is 2.68. The Bertz CT molecular complexity index is 787. The van der Waals surface area contributed by atoms with E-state index in [-0.39, 0.29) is 6.03 Å². The van der Waals surface area contributed by atoms with Crippen LogP contribution in [0, 0.1) is 0 Å². The summed E-state index contributed by atoms with van der Waals surface area (Å²) in [5.41, 5.74) is 6.41. The fraction of sp³-hybridized carbons (Fsp3) is 0.409. The highest BCUT2D eigenvalue weighted by molar-refractivity contribution is 5.90. The second-order valence-electron chi connectivity index (χ2n) is 7.25. The molecule has 0 spiro atoms. The Labute approximate surface area is 155 Å². The van der Waals surface area contributed by atoms with Gasteiger partial charge in [0.15, 0.2) is 0 Å². The second kappa shape index (κ2) is 7.81. The standard InChI is InChI=1S/C22H27N3O/c26-22(24-20-12-5-9-17-7-1-3-11-19(17)20)23-14-16-25-15-6-10-18-8-2-4-13-21(18)25/h2,4-5,8-9,12-13H,1,3,6-7,10-11,14-16H2,(H2,23,24,26). The van der Waals surface area contributed by atoms with Crippen LogP contribution in [0.5, 0.6) is 0 Å². The molecule has 2 aromatic carbocycles. The second-order valence-corrected chi connectivity index (χ2v) is 7.25. The highest BCUT2D eigenvalue weighted by Gasteiger charge is 2.17. The van der Waals surface area contributed by atoms with Gasteiger partial charge in [0.25, 0.3) is 0 Å².